The smallest absolute Gasteiger partial charge is 0.101 e. The molecule has 0 saturated carbocycles. The zero-order valence-corrected chi connectivity index (χ0v) is 13.4. The fraction of sp³-hybridized carbons (Fsp3) is 1.00. The molecule has 0 radical (unpaired) electrons. The highest BCUT2D eigenvalue weighted by Gasteiger charge is 1.95. The van der Waals surface area contributed by atoms with Crippen molar-refractivity contribution in [2.75, 3.05) is 18.8 Å². The second kappa shape index (κ2) is 13.9. The van der Waals surface area contributed by atoms with Crippen LogP contribution in [0.2, 0.25) is 0 Å². The minimum Gasteiger partial charge on any atom is -1.00 e. The highest BCUT2D eigenvalue weighted by molar-refractivity contribution is 8.00. The lowest BCUT2D eigenvalue weighted by Crippen LogP contribution is -3.00. The summed E-state index contributed by atoms with van der Waals surface area (Å²) in [5.41, 5.74) is 0. The van der Waals surface area contributed by atoms with Crippen LogP contribution < -0.4 is 24.0 Å². The van der Waals surface area contributed by atoms with Crippen molar-refractivity contribution in [3.63, 3.8) is 0 Å². The largest absolute Gasteiger partial charge is 1.00 e. The molecule has 0 aromatic heterocycles. The molecule has 0 bridgehead atoms. The van der Waals surface area contributed by atoms with E-state index in [1.54, 1.807) is 18.8 Å². The summed E-state index contributed by atoms with van der Waals surface area (Å²) in [6.07, 6.45) is 13.6. The molecule has 0 unspecified atom stereocenters. The number of rotatable bonds is 5. The van der Waals surface area contributed by atoms with E-state index in [4.69, 9.17) is 0 Å². The molecule has 90 valence electrons. The lowest BCUT2D eigenvalue weighted by molar-refractivity contribution is -0.00000468. The first-order chi connectivity index (χ1) is 5.91. The molecule has 14 heavy (non-hydrogen) atoms. The first-order valence-corrected chi connectivity index (χ1v) is 8.09. The number of hydrogen-bond acceptors (Lipinski definition) is 1. The molecule has 0 fully saturated rings. The van der Waals surface area contributed by atoms with Gasteiger partial charge in [-0.1, -0.05) is 52.4 Å². The molecule has 0 aliphatic carbocycles. The van der Waals surface area contributed by atoms with Crippen LogP contribution in [0.4, 0.5) is 0 Å². The molecule has 0 N–H and O–H groups in total. The maximum absolute atomic E-state index is 10.2. The first-order valence-electron chi connectivity index (χ1n) is 5.31. The molecule has 0 rings (SSSR count). The maximum Gasteiger partial charge on any atom is 0.101 e. The Kier molecular flexibility index (Phi) is 20.1. The first kappa shape index (κ1) is 20.3. The molecule has 0 saturated heterocycles. The van der Waals surface area contributed by atoms with Crippen LogP contribution in [0.15, 0.2) is 0 Å². The minimum absolute atomic E-state index is 0. The lowest BCUT2D eigenvalue weighted by atomic mass is 10.1. The van der Waals surface area contributed by atoms with Gasteiger partial charge in [-0.15, -0.1) is 4.21 Å². The molecular weight excluding hydrogens is 307 g/mol. The SMILES string of the molecule is CCCCCCCC.C[S+](C)(C)=O.[I-]. The van der Waals surface area contributed by atoms with Crippen molar-refractivity contribution in [2.45, 2.75) is 52.4 Å². The van der Waals surface area contributed by atoms with Gasteiger partial charge in [-0.3, -0.25) is 0 Å². The van der Waals surface area contributed by atoms with E-state index in [1.165, 1.54) is 38.5 Å². The van der Waals surface area contributed by atoms with Crippen molar-refractivity contribution < 1.29 is 28.2 Å². The maximum atomic E-state index is 10.2. The standard InChI is InChI=1S/C8H18.C3H9OS.HI/c1-3-5-7-8-6-4-2;1-5(2,3)4;/h3-8H2,1-2H3;1-3H3;1H/q;+1;/p-1. The summed E-state index contributed by atoms with van der Waals surface area (Å²) >= 11 is 0. The number of halogens is 1. The quantitative estimate of drug-likeness (QED) is 0.412. The monoisotopic (exact) mass is 334 g/mol. The molecule has 0 atom stereocenters. The van der Waals surface area contributed by atoms with Crippen molar-refractivity contribution in [3.8, 4) is 0 Å². The summed E-state index contributed by atoms with van der Waals surface area (Å²) < 4.78 is 10.2. The van der Waals surface area contributed by atoms with E-state index in [9.17, 15) is 4.21 Å². The highest BCUT2D eigenvalue weighted by atomic mass is 127. The summed E-state index contributed by atoms with van der Waals surface area (Å²) in [5, 5.41) is 0. The predicted molar refractivity (Wildman–Crippen MR) is 64.9 cm³/mol. The van der Waals surface area contributed by atoms with Gasteiger partial charge in [-0.05, 0) is 0 Å². The third kappa shape index (κ3) is 52.6. The van der Waals surface area contributed by atoms with E-state index >= 15 is 0 Å². The Balaban J connectivity index is -0.000000177. The van der Waals surface area contributed by atoms with Crippen LogP contribution in [-0.4, -0.2) is 18.8 Å². The average molecular weight is 334 g/mol. The van der Waals surface area contributed by atoms with E-state index in [0.29, 0.717) is 0 Å². The Hall–Kier alpha value is 0.880. The zero-order valence-electron chi connectivity index (χ0n) is 10.4. The molecule has 0 spiro atoms. The van der Waals surface area contributed by atoms with Gasteiger partial charge in [0.1, 0.15) is 18.8 Å². The van der Waals surface area contributed by atoms with Crippen molar-refractivity contribution in [1.82, 2.24) is 0 Å². The van der Waals surface area contributed by atoms with Crippen molar-refractivity contribution in [3.05, 3.63) is 0 Å². The van der Waals surface area contributed by atoms with Gasteiger partial charge in [-0.25, -0.2) is 0 Å². The van der Waals surface area contributed by atoms with Crippen molar-refractivity contribution >= 4 is 9.93 Å². The molecule has 0 aromatic carbocycles. The molecule has 0 aromatic rings. The van der Waals surface area contributed by atoms with Crippen LogP contribution in [0, 0.1) is 0 Å². The van der Waals surface area contributed by atoms with Gasteiger partial charge in [0.25, 0.3) is 0 Å². The summed E-state index contributed by atoms with van der Waals surface area (Å²) in [4.78, 5) is 0. The molecule has 0 aliphatic rings. The Morgan fingerprint density at radius 3 is 1.14 bits per heavy atom. The molecule has 0 heterocycles. The molecular formula is C11H27IOS. The van der Waals surface area contributed by atoms with Gasteiger partial charge in [0.2, 0.25) is 0 Å². The summed E-state index contributed by atoms with van der Waals surface area (Å²) in [6, 6.07) is 0. The Morgan fingerprint density at radius 1 is 0.786 bits per heavy atom. The zero-order chi connectivity index (χ0) is 10.7. The van der Waals surface area contributed by atoms with Crippen LogP contribution in [0.1, 0.15) is 52.4 Å². The van der Waals surface area contributed by atoms with Crippen molar-refractivity contribution in [2.24, 2.45) is 0 Å². The van der Waals surface area contributed by atoms with Crippen LogP contribution in [0.25, 0.3) is 0 Å². The third-order valence-electron chi connectivity index (χ3n) is 1.46. The Labute approximate surface area is 109 Å². The van der Waals surface area contributed by atoms with Crippen LogP contribution >= 0.6 is 0 Å². The third-order valence-corrected chi connectivity index (χ3v) is 1.46. The normalized spacial score (nSPS) is 9.79. The fourth-order valence-corrected chi connectivity index (χ4v) is 0.854. The van der Waals surface area contributed by atoms with Gasteiger partial charge >= 0.3 is 0 Å². The summed E-state index contributed by atoms with van der Waals surface area (Å²) in [7, 11) is -1.42. The second-order valence-corrected chi connectivity index (χ2v) is 7.59. The van der Waals surface area contributed by atoms with Gasteiger partial charge in [-0.2, -0.15) is 0 Å². The van der Waals surface area contributed by atoms with E-state index in [2.05, 4.69) is 13.8 Å². The Bertz CT molecular complexity index is 117. The van der Waals surface area contributed by atoms with Crippen molar-refractivity contribution in [1.29, 1.82) is 0 Å². The molecule has 1 nitrogen and oxygen atoms in total. The number of hydrogen-bond donors (Lipinski definition) is 0. The van der Waals surface area contributed by atoms with E-state index in [0.717, 1.165) is 0 Å². The van der Waals surface area contributed by atoms with Gasteiger partial charge in [0.05, 0.1) is 9.93 Å². The van der Waals surface area contributed by atoms with Crippen LogP contribution in [-0.2, 0) is 14.1 Å². The van der Waals surface area contributed by atoms with Gasteiger partial charge < -0.3 is 24.0 Å². The molecule has 3 heteroatoms. The summed E-state index contributed by atoms with van der Waals surface area (Å²) in [5.74, 6) is 0. The Morgan fingerprint density at radius 2 is 1.00 bits per heavy atom. The van der Waals surface area contributed by atoms with E-state index < -0.39 is 9.93 Å². The molecule has 0 aliphatic heterocycles. The van der Waals surface area contributed by atoms with Gasteiger partial charge in [0.15, 0.2) is 0 Å². The average Bonchev–Trinajstić information content (AvgIpc) is 1.95. The number of unbranched alkanes of at least 4 members (excludes halogenated alkanes) is 5. The van der Waals surface area contributed by atoms with Crippen LogP contribution in [0.5, 0.6) is 0 Å². The lowest BCUT2D eigenvalue weighted by Gasteiger charge is -1.93. The predicted octanol–water partition coefficient (Wildman–Crippen LogP) is 0.746. The minimum atomic E-state index is -1.42. The van der Waals surface area contributed by atoms with E-state index in [-0.39, 0.29) is 24.0 Å². The summed E-state index contributed by atoms with van der Waals surface area (Å²) in [6.45, 7) is 4.51. The second-order valence-electron chi connectivity index (χ2n) is 4.14. The highest BCUT2D eigenvalue weighted by Crippen LogP contribution is 2.03. The molecule has 0 amide bonds. The fourth-order valence-electron chi connectivity index (χ4n) is 0.854. The topological polar surface area (TPSA) is 17.1 Å². The van der Waals surface area contributed by atoms with Gasteiger partial charge in [0, 0.05) is 0 Å². The van der Waals surface area contributed by atoms with Crippen LogP contribution in [0.3, 0.4) is 0 Å². The van der Waals surface area contributed by atoms with E-state index in [1.807, 2.05) is 0 Å².